The number of carbonyl (C=O) groups is 1. The zero-order valence-corrected chi connectivity index (χ0v) is 13.1. The van der Waals surface area contributed by atoms with Crippen molar-refractivity contribution in [3.8, 4) is 0 Å². The van der Waals surface area contributed by atoms with Crippen LogP contribution in [0.1, 0.15) is 56.9 Å². The summed E-state index contributed by atoms with van der Waals surface area (Å²) in [7, 11) is 1.83. The fourth-order valence-corrected chi connectivity index (χ4v) is 2.03. The zero-order valence-electron chi connectivity index (χ0n) is 13.1. The molecule has 1 amide bonds. The molecule has 1 rings (SSSR count). The minimum atomic E-state index is -0.101. The lowest BCUT2D eigenvalue weighted by Gasteiger charge is -2.24. The Labute approximate surface area is 122 Å². The largest absolute Gasteiger partial charge is 0.387 e. The van der Waals surface area contributed by atoms with E-state index in [1.54, 1.807) is 12.3 Å². The van der Waals surface area contributed by atoms with Crippen molar-refractivity contribution in [2.45, 2.75) is 46.5 Å². The molecule has 0 spiro atoms. The zero-order chi connectivity index (χ0) is 15.0. The van der Waals surface area contributed by atoms with Gasteiger partial charge >= 0.3 is 0 Å². The number of hydrogen-bond acceptors (Lipinski definition) is 3. The molecule has 0 aliphatic rings. The van der Waals surface area contributed by atoms with Gasteiger partial charge in [0.2, 0.25) is 0 Å². The molecule has 0 aromatic carbocycles. The van der Waals surface area contributed by atoms with Crippen LogP contribution in [0.15, 0.2) is 18.3 Å². The predicted molar refractivity (Wildman–Crippen MR) is 84.0 cm³/mol. The van der Waals surface area contributed by atoms with Gasteiger partial charge in [0.1, 0.15) is 5.69 Å². The highest BCUT2D eigenvalue weighted by Crippen LogP contribution is 2.22. The van der Waals surface area contributed by atoms with E-state index in [0.717, 1.165) is 12.1 Å². The van der Waals surface area contributed by atoms with E-state index in [9.17, 15) is 4.79 Å². The van der Waals surface area contributed by atoms with E-state index in [-0.39, 0.29) is 11.3 Å². The van der Waals surface area contributed by atoms with Gasteiger partial charge in [0.25, 0.3) is 5.91 Å². The quantitative estimate of drug-likeness (QED) is 0.715. The van der Waals surface area contributed by atoms with Crippen LogP contribution in [0.2, 0.25) is 0 Å². The summed E-state index contributed by atoms with van der Waals surface area (Å²) in [5, 5.41) is 5.97. The Bertz CT molecular complexity index is 412. The predicted octanol–water partition coefficient (Wildman–Crippen LogP) is 3.46. The number of anilines is 1. The third-order valence-electron chi connectivity index (χ3n) is 3.47. The molecule has 0 atom stereocenters. The van der Waals surface area contributed by atoms with Gasteiger partial charge in [-0.2, -0.15) is 0 Å². The summed E-state index contributed by atoms with van der Waals surface area (Å²) in [5.74, 6) is -0.101. The van der Waals surface area contributed by atoms with E-state index in [1.807, 2.05) is 13.1 Å². The highest BCUT2D eigenvalue weighted by atomic mass is 16.1. The summed E-state index contributed by atoms with van der Waals surface area (Å²) < 4.78 is 0. The second kappa shape index (κ2) is 7.88. The highest BCUT2D eigenvalue weighted by Gasteiger charge is 2.19. The summed E-state index contributed by atoms with van der Waals surface area (Å²) >= 11 is 0. The fraction of sp³-hybridized carbons (Fsp3) is 0.625. The molecule has 20 heavy (non-hydrogen) atoms. The number of nitrogens with zero attached hydrogens (tertiary/aromatic N) is 1. The van der Waals surface area contributed by atoms with E-state index in [0.29, 0.717) is 12.2 Å². The minimum Gasteiger partial charge on any atom is -0.387 e. The lowest BCUT2D eigenvalue weighted by Crippen LogP contribution is -2.34. The molecule has 0 aliphatic carbocycles. The molecule has 1 aromatic rings. The maximum atomic E-state index is 12.0. The number of pyridine rings is 1. The van der Waals surface area contributed by atoms with Gasteiger partial charge in [-0.3, -0.25) is 4.79 Å². The normalized spacial score (nSPS) is 11.2. The molecular weight excluding hydrogens is 250 g/mol. The van der Waals surface area contributed by atoms with Crippen LogP contribution in [-0.2, 0) is 0 Å². The summed E-state index contributed by atoms with van der Waals surface area (Å²) in [6, 6.07) is 3.60. The van der Waals surface area contributed by atoms with Gasteiger partial charge in [0, 0.05) is 13.6 Å². The Morgan fingerprint density at radius 2 is 2.05 bits per heavy atom. The molecule has 0 unspecified atom stereocenters. The first kappa shape index (κ1) is 16.5. The van der Waals surface area contributed by atoms with Gasteiger partial charge in [0.05, 0.1) is 11.9 Å². The molecular formula is C16H27N3O. The Hall–Kier alpha value is -1.58. The SMILES string of the molecule is CCCCCC(C)(C)CNC(=O)c1ccc(NC)cn1. The van der Waals surface area contributed by atoms with Crippen molar-refractivity contribution in [2.24, 2.45) is 5.41 Å². The second-order valence-corrected chi connectivity index (χ2v) is 5.99. The maximum absolute atomic E-state index is 12.0. The first-order valence-corrected chi connectivity index (χ1v) is 7.40. The second-order valence-electron chi connectivity index (χ2n) is 5.99. The van der Waals surface area contributed by atoms with Gasteiger partial charge in [-0.25, -0.2) is 4.98 Å². The number of amides is 1. The average Bonchev–Trinajstić information content (AvgIpc) is 2.45. The van der Waals surface area contributed by atoms with Crippen LogP contribution >= 0.6 is 0 Å². The summed E-state index contributed by atoms with van der Waals surface area (Å²) in [6.45, 7) is 7.28. The molecule has 1 aromatic heterocycles. The molecule has 4 nitrogen and oxygen atoms in total. The highest BCUT2D eigenvalue weighted by molar-refractivity contribution is 5.92. The van der Waals surface area contributed by atoms with E-state index >= 15 is 0 Å². The lowest BCUT2D eigenvalue weighted by molar-refractivity contribution is 0.0929. The van der Waals surface area contributed by atoms with Crippen LogP contribution < -0.4 is 10.6 Å². The Balaban J connectivity index is 2.45. The van der Waals surface area contributed by atoms with Gasteiger partial charge in [-0.1, -0.05) is 40.0 Å². The lowest BCUT2D eigenvalue weighted by atomic mass is 9.87. The van der Waals surface area contributed by atoms with E-state index in [4.69, 9.17) is 0 Å². The number of nitrogens with one attached hydrogen (secondary N) is 2. The van der Waals surface area contributed by atoms with Crippen LogP contribution in [0.3, 0.4) is 0 Å². The monoisotopic (exact) mass is 277 g/mol. The van der Waals surface area contributed by atoms with Crippen LogP contribution in [0, 0.1) is 5.41 Å². The molecule has 112 valence electrons. The summed E-state index contributed by atoms with van der Waals surface area (Å²) in [4.78, 5) is 16.2. The molecule has 0 saturated carbocycles. The van der Waals surface area contributed by atoms with Crippen molar-refractivity contribution in [1.82, 2.24) is 10.3 Å². The van der Waals surface area contributed by atoms with Crippen LogP contribution in [0.5, 0.6) is 0 Å². The van der Waals surface area contributed by atoms with E-state index in [2.05, 4.69) is 36.4 Å². The smallest absolute Gasteiger partial charge is 0.269 e. The van der Waals surface area contributed by atoms with Crippen LogP contribution in [0.4, 0.5) is 5.69 Å². The number of hydrogen-bond donors (Lipinski definition) is 2. The molecule has 0 radical (unpaired) electrons. The van der Waals surface area contributed by atoms with Crippen LogP contribution in [-0.4, -0.2) is 24.5 Å². The molecule has 4 heteroatoms. The number of carbonyl (C=O) groups excluding carboxylic acids is 1. The van der Waals surface area contributed by atoms with Crippen molar-refractivity contribution in [1.29, 1.82) is 0 Å². The van der Waals surface area contributed by atoms with Gasteiger partial charge < -0.3 is 10.6 Å². The fourth-order valence-electron chi connectivity index (χ4n) is 2.03. The van der Waals surface area contributed by atoms with Crippen LogP contribution in [0.25, 0.3) is 0 Å². The third-order valence-corrected chi connectivity index (χ3v) is 3.47. The summed E-state index contributed by atoms with van der Waals surface area (Å²) in [6.07, 6.45) is 6.50. The Morgan fingerprint density at radius 1 is 1.30 bits per heavy atom. The van der Waals surface area contributed by atoms with Gasteiger partial charge in [0.15, 0.2) is 0 Å². The Morgan fingerprint density at radius 3 is 2.60 bits per heavy atom. The van der Waals surface area contributed by atoms with Crippen molar-refractivity contribution in [3.05, 3.63) is 24.0 Å². The molecule has 2 N–H and O–H groups in total. The minimum absolute atomic E-state index is 0.101. The van der Waals surface area contributed by atoms with Crippen molar-refractivity contribution in [2.75, 3.05) is 18.9 Å². The molecule has 0 bridgehead atoms. The number of unbranched alkanes of at least 4 members (excludes halogenated alkanes) is 2. The first-order chi connectivity index (χ1) is 9.48. The van der Waals surface area contributed by atoms with Crippen molar-refractivity contribution < 1.29 is 4.79 Å². The summed E-state index contributed by atoms with van der Waals surface area (Å²) in [5.41, 5.74) is 1.50. The standard InChI is InChI=1S/C16H27N3O/c1-5-6-7-10-16(2,3)12-19-15(20)14-9-8-13(17-4)11-18-14/h8-9,11,17H,5-7,10,12H2,1-4H3,(H,19,20). The van der Waals surface area contributed by atoms with Gasteiger partial charge in [-0.15, -0.1) is 0 Å². The first-order valence-electron chi connectivity index (χ1n) is 7.40. The molecule has 0 saturated heterocycles. The van der Waals surface area contributed by atoms with E-state index in [1.165, 1.54) is 19.3 Å². The number of aromatic nitrogens is 1. The Kier molecular flexibility index (Phi) is 6.49. The average molecular weight is 277 g/mol. The molecule has 1 heterocycles. The number of rotatable bonds is 8. The molecule has 0 aliphatic heterocycles. The third kappa shape index (κ3) is 5.59. The van der Waals surface area contributed by atoms with Gasteiger partial charge in [-0.05, 0) is 24.0 Å². The van der Waals surface area contributed by atoms with Crippen molar-refractivity contribution in [3.63, 3.8) is 0 Å². The van der Waals surface area contributed by atoms with Crippen molar-refractivity contribution >= 4 is 11.6 Å². The molecule has 0 fully saturated rings. The maximum Gasteiger partial charge on any atom is 0.269 e. The topological polar surface area (TPSA) is 54.0 Å². The van der Waals surface area contributed by atoms with E-state index < -0.39 is 0 Å².